The number of nitrogens with one attached hydrogen (secondary N) is 1. The molecule has 0 saturated carbocycles. The van der Waals surface area contributed by atoms with Crippen molar-refractivity contribution >= 4 is 0 Å². The number of aryl methyl sites for hydroxylation is 1. The predicted molar refractivity (Wildman–Crippen MR) is 69.5 cm³/mol. The van der Waals surface area contributed by atoms with E-state index in [-0.39, 0.29) is 11.1 Å². The third-order valence-electron chi connectivity index (χ3n) is 3.10. The Labute approximate surface area is 118 Å². The fraction of sp³-hybridized carbons (Fsp3) is 0.214. The molecule has 2 aromatic rings. The molecule has 21 heavy (non-hydrogen) atoms. The summed E-state index contributed by atoms with van der Waals surface area (Å²) in [6, 6.07) is 3.94. The van der Waals surface area contributed by atoms with E-state index in [1.807, 2.05) is 0 Å². The molecule has 1 atom stereocenters. The van der Waals surface area contributed by atoms with Crippen molar-refractivity contribution < 1.29 is 17.6 Å². The number of nitrogens with two attached hydrogens (primary N) is 1. The highest BCUT2D eigenvalue weighted by molar-refractivity contribution is 5.38. The van der Waals surface area contributed by atoms with Gasteiger partial charge in [0.2, 0.25) is 0 Å². The highest BCUT2D eigenvalue weighted by Gasteiger charge is 2.36. The summed E-state index contributed by atoms with van der Waals surface area (Å²) >= 11 is 0. The molecule has 1 aromatic carbocycles. The summed E-state index contributed by atoms with van der Waals surface area (Å²) in [5.74, 6) is 4.71. The second-order valence-corrected chi connectivity index (χ2v) is 4.59. The molecule has 0 saturated heterocycles. The van der Waals surface area contributed by atoms with E-state index in [1.165, 1.54) is 12.1 Å². The van der Waals surface area contributed by atoms with E-state index in [9.17, 15) is 17.6 Å². The lowest BCUT2D eigenvalue weighted by Crippen LogP contribution is -2.31. The first-order valence-electron chi connectivity index (χ1n) is 6.08. The molecule has 1 unspecified atom stereocenters. The Morgan fingerprint density at radius 2 is 1.90 bits per heavy atom. The van der Waals surface area contributed by atoms with Crippen LogP contribution in [-0.4, -0.2) is 4.98 Å². The van der Waals surface area contributed by atoms with Crippen LogP contribution in [0.3, 0.4) is 0 Å². The van der Waals surface area contributed by atoms with Gasteiger partial charge in [0.1, 0.15) is 5.82 Å². The molecule has 0 aliphatic rings. The molecule has 3 N–H and O–H groups in total. The van der Waals surface area contributed by atoms with E-state index < -0.39 is 23.6 Å². The van der Waals surface area contributed by atoms with Crippen molar-refractivity contribution in [2.45, 2.75) is 19.1 Å². The van der Waals surface area contributed by atoms with E-state index >= 15 is 0 Å². The van der Waals surface area contributed by atoms with Crippen molar-refractivity contribution in [1.29, 1.82) is 0 Å². The third kappa shape index (κ3) is 3.20. The average Bonchev–Trinajstić information content (AvgIpc) is 2.41. The van der Waals surface area contributed by atoms with Gasteiger partial charge in [-0.2, -0.15) is 13.2 Å². The van der Waals surface area contributed by atoms with Crippen molar-refractivity contribution in [3.8, 4) is 0 Å². The third-order valence-corrected chi connectivity index (χ3v) is 3.10. The summed E-state index contributed by atoms with van der Waals surface area (Å²) in [5, 5.41) is 0. The van der Waals surface area contributed by atoms with Crippen LogP contribution in [0, 0.1) is 12.7 Å². The van der Waals surface area contributed by atoms with Gasteiger partial charge in [-0.25, -0.2) is 9.82 Å². The molecule has 1 heterocycles. The largest absolute Gasteiger partial charge is 0.416 e. The Kier molecular flexibility index (Phi) is 4.24. The van der Waals surface area contributed by atoms with Gasteiger partial charge in [0.15, 0.2) is 0 Å². The van der Waals surface area contributed by atoms with Crippen LogP contribution >= 0.6 is 0 Å². The molecule has 3 nitrogen and oxygen atoms in total. The SMILES string of the molecule is Cc1ccc(C(NN)c2cnccc2C(F)(F)F)c(F)c1. The highest BCUT2D eigenvalue weighted by Crippen LogP contribution is 2.36. The van der Waals surface area contributed by atoms with E-state index in [0.717, 1.165) is 18.5 Å². The van der Waals surface area contributed by atoms with Crippen molar-refractivity contribution in [3.05, 3.63) is 64.7 Å². The molecular formula is C14H13F4N3. The Bertz CT molecular complexity index is 640. The number of benzene rings is 1. The van der Waals surface area contributed by atoms with E-state index in [0.29, 0.717) is 5.56 Å². The molecular weight excluding hydrogens is 286 g/mol. The van der Waals surface area contributed by atoms with Gasteiger partial charge < -0.3 is 0 Å². The Morgan fingerprint density at radius 1 is 1.19 bits per heavy atom. The minimum Gasteiger partial charge on any atom is -0.271 e. The zero-order valence-electron chi connectivity index (χ0n) is 11.1. The maximum absolute atomic E-state index is 14.0. The Morgan fingerprint density at radius 3 is 2.48 bits per heavy atom. The topological polar surface area (TPSA) is 50.9 Å². The van der Waals surface area contributed by atoms with E-state index in [1.54, 1.807) is 13.0 Å². The molecule has 1 aromatic heterocycles. The lowest BCUT2D eigenvalue weighted by Gasteiger charge is -2.21. The number of aromatic nitrogens is 1. The Balaban J connectivity index is 2.57. The van der Waals surface area contributed by atoms with Crippen LogP contribution in [0.4, 0.5) is 17.6 Å². The first-order valence-corrected chi connectivity index (χ1v) is 6.08. The van der Waals surface area contributed by atoms with Crippen LogP contribution in [0.2, 0.25) is 0 Å². The second-order valence-electron chi connectivity index (χ2n) is 4.59. The number of alkyl halides is 3. The van der Waals surface area contributed by atoms with Gasteiger partial charge in [-0.1, -0.05) is 12.1 Å². The molecule has 0 fully saturated rings. The average molecular weight is 299 g/mol. The minimum absolute atomic E-state index is 0.0293. The summed E-state index contributed by atoms with van der Waals surface area (Å²) in [4.78, 5) is 3.68. The zero-order chi connectivity index (χ0) is 15.6. The van der Waals surface area contributed by atoms with Gasteiger partial charge in [-0.3, -0.25) is 10.8 Å². The van der Waals surface area contributed by atoms with Crippen molar-refractivity contribution in [2.75, 3.05) is 0 Å². The van der Waals surface area contributed by atoms with Crippen molar-refractivity contribution in [1.82, 2.24) is 10.4 Å². The smallest absolute Gasteiger partial charge is 0.271 e. The number of hydrogen-bond acceptors (Lipinski definition) is 3. The van der Waals surface area contributed by atoms with Gasteiger partial charge in [0.05, 0.1) is 11.6 Å². The highest BCUT2D eigenvalue weighted by atomic mass is 19.4. The fourth-order valence-corrected chi connectivity index (χ4v) is 2.11. The monoisotopic (exact) mass is 299 g/mol. The first-order chi connectivity index (χ1) is 9.84. The van der Waals surface area contributed by atoms with Crippen molar-refractivity contribution in [2.24, 2.45) is 5.84 Å². The van der Waals surface area contributed by atoms with Gasteiger partial charge in [-0.05, 0) is 24.6 Å². The summed E-state index contributed by atoms with van der Waals surface area (Å²) in [6.07, 6.45) is -2.51. The number of hydrazine groups is 1. The number of halogens is 4. The fourth-order valence-electron chi connectivity index (χ4n) is 2.11. The maximum Gasteiger partial charge on any atom is 0.416 e. The maximum atomic E-state index is 14.0. The molecule has 7 heteroatoms. The molecule has 112 valence electrons. The molecule has 0 amide bonds. The first kappa shape index (κ1) is 15.4. The van der Waals surface area contributed by atoms with E-state index in [2.05, 4.69) is 10.4 Å². The molecule has 0 radical (unpaired) electrons. The van der Waals surface area contributed by atoms with Crippen LogP contribution in [0.5, 0.6) is 0 Å². The van der Waals surface area contributed by atoms with Crippen LogP contribution in [0.15, 0.2) is 36.7 Å². The normalized spacial score (nSPS) is 13.2. The van der Waals surface area contributed by atoms with Crippen LogP contribution < -0.4 is 11.3 Å². The van der Waals surface area contributed by atoms with Gasteiger partial charge in [0.25, 0.3) is 0 Å². The quantitative estimate of drug-likeness (QED) is 0.520. The molecule has 0 aliphatic heterocycles. The molecule has 0 spiro atoms. The second kappa shape index (κ2) is 5.79. The minimum atomic E-state index is -4.57. The van der Waals surface area contributed by atoms with Gasteiger partial charge >= 0.3 is 6.18 Å². The van der Waals surface area contributed by atoms with Gasteiger partial charge in [0, 0.05) is 23.5 Å². The molecule has 2 rings (SSSR count). The predicted octanol–water partition coefficient (Wildman–Crippen LogP) is 3.10. The summed E-state index contributed by atoms with van der Waals surface area (Å²) in [5.41, 5.74) is 1.79. The number of nitrogens with zero attached hydrogens (tertiary/aromatic N) is 1. The summed E-state index contributed by atoms with van der Waals surface area (Å²) in [6.45, 7) is 1.68. The number of pyridine rings is 1. The zero-order valence-corrected chi connectivity index (χ0v) is 11.1. The standard InChI is InChI=1S/C14H13F4N3/c1-8-2-3-9(12(15)6-8)13(21-19)10-7-20-5-4-11(10)14(16,17)18/h2-7,13,21H,19H2,1H3. The van der Waals surface area contributed by atoms with Crippen LogP contribution in [0.1, 0.15) is 28.3 Å². The summed E-state index contributed by atoms with van der Waals surface area (Å²) in [7, 11) is 0. The van der Waals surface area contributed by atoms with Crippen LogP contribution in [0.25, 0.3) is 0 Å². The lowest BCUT2D eigenvalue weighted by atomic mass is 9.95. The molecule has 0 aliphatic carbocycles. The number of rotatable bonds is 3. The van der Waals surface area contributed by atoms with Crippen LogP contribution in [-0.2, 0) is 6.18 Å². The van der Waals surface area contributed by atoms with Gasteiger partial charge in [-0.15, -0.1) is 0 Å². The lowest BCUT2D eigenvalue weighted by molar-refractivity contribution is -0.138. The summed E-state index contributed by atoms with van der Waals surface area (Å²) < 4.78 is 53.1. The van der Waals surface area contributed by atoms with Crippen molar-refractivity contribution in [3.63, 3.8) is 0 Å². The molecule has 0 bridgehead atoms. The van der Waals surface area contributed by atoms with E-state index in [4.69, 9.17) is 5.84 Å². The number of hydrogen-bond donors (Lipinski definition) is 2. The Hall–Kier alpha value is -1.99.